The van der Waals surface area contributed by atoms with Gasteiger partial charge >= 0.3 is 5.97 Å². The number of esters is 1. The van der Waals surface area contributed by atoms with Crippen LogP contribution in [0.5, 0.6) is 0 Å². The highest BCUT2D eigenvalue weighted by atomic mass is 16.5. The van der Waals surface area contributed by atoms with Gasteiger partial charge in [0, 0.05) is 0 Å². The number of carbonyl (C=O) groups is 1. The van der Waals surface area contributed by atoms with E-state index in [1.165, 1.54) is 12.7 Å². The van der Waals surface area contributed by atoms with Gasteiger partial charge in [0.2, 0.25) is 0 Å². The number of hydrogen-bond donors (Lipinski definition) is 0. The average Bonchev–Trinajstić information content (AvgIpc) is 2.34. The Morgan fingerprint density at radius 1 is 1.25 bits per heavy atom. The molecule has 0 atom stereocenters. The summed E-state index contributed by atoms with van der Waals surface area (Å²) in [5.41, 5.74) is 1.77. The van der Waals surface area contributed by atoms with E-state index in [2.05, 4.69) is 4.74 Å². The van der Waals surface area contributed by atoms with E-state index in [-0.39, 0.29) is 5.97 Å². The summed E-state index contributed by atoms with van der Waals surface area (Å²) in [6.45, 7) is 0. The van der Waals surface area contributed by atoms with Crippen molar-refractivity contribution in [1.29, 1.82) is 0 Å². The number of ether oxygens (including phenoxy) is 2. The van der Waals surface area contributed by atoms with Crippen molar-refractivity contribution in [3.8, 4) is 0 Å². The highest BCUT2D eigenvalue weighted by Gasteiger charge is 2.03. The first-order valence-electron chi connectivity index (χ1n) is 5.13. The average molecular weight is 220 g/mol. The Morgan fingerprint density at radius 2 is 1.94 bits per heavy atom. The maximum absolute atomic E-state index is 11.2. The second kappa shape index (κ2) is 6.67. The van der Waals surface area contributed by atoms with Gasteiger partial charge in [-0.3, -0.25) is 0 Å². The van der Waals surface area contributed by atoms with Gasteiger partial charge in [0.15, 0.2) is 0 Å². The van der Waals surface area contributed by atoms with Crippen LogP contribution in [0, 0.1) is 0 Å². The van der Waals surface area contributed by atoms with Crippen molar-refractivity contribution in [2.24, 2.45) is 0 Å². The van der Waals surface area contributed by atoms with Gasteiger partial charge in [-0.15, -0.1) is 0 Å². The van der Waals surface area contributed by atoms with Gasteiger partial charge in [0.1, 0.15) is 0 Å². The number of hydrogen-bond acceptors (Lipinski definition) is 3. The van der Waals surface area contributed by atoms with E-state index in [1.54, 1.807) is 25.5 Å². The Kier molecular flexibility index (Phi) is 5.12. The molecule has 0 aliphatic heterocycles. The Balaban J connectivity index is 2.51. The molecule has 0 heterocycles. The second-order valence-electron chi connectivity index (χ2n) is 3.33. The van der Waals surface area contributed by atoms with E-state index in [0.717, 1.165) is 12.8 Å². The Hall–Kier alpha value is -1.77. The maximum atomic E-state index is 11.2. The van der Waals surface area contributed by atoms with Gasteiger partial charge in [0.25, 0.3) is 0 Å². The summed E-state index contributed by atoms with van der Waals surface area (Å²) < 4.78 is 9.43. The van der Waals surface area contributed by atoms with Crippen molar-refractivity contribution in [3.63, 3.8) is 0 Å². The molecular formula is C13H16O3. The molecule has 0 saturated heterocycles. The van der Waals surface area contributed by atoms with Crippen LogP contribution in [0.15, 0.2) is 36.6 Å². The van der Waals surface area contributed by atoms with Gasteiger partial charge in [-0.25, -0.2) is 4.79 Å². The number of allylic oxidation sites excluding steroid dienone is 1. The summed E-state index contributed by atoms with van der Waals surface area (Å²) >= 11 is 0. The van der Waals surface area contributed by atoms with Crippen LogP contribution in [0.3, 0.4) is 0 Å². The largest absolute Gasteiger partial charge is 0.505 e. The van der Waals surface area contributed by atoms with Gasteiger partial charge in [-0.05, 0) is 36.6 Å². The SMILES string of the molecule is COC=CCCc1ccc(C(=O)OC)cc1. The standard InChI is InChI=1S/C13H16O3/c1-15-10-4-3-5-11-6-8-12(9-7-11)13(14)16-2/h4,6-10H,3,5H2,1-2H3. The van der Waals surface area contributed by atoms with Gasteiger partial charge < -0.3 is 9.47 Å². The number of aryl methyl sites for hydroxylation is 1. The maximum Gasteiger partial charge on any atom is 0.337 e. The summed E-state index contributed by atoms with van der Waals surface area (Å²) in [5, 5.41) is 0. The molecule has 1 aromatic rings. The third kappa shape index (κ3) is 3.77. The van der Waals surface area contributed by atoms with E-state index in [9.17, 15) is 4.79 Å². The number of benzene rings is 1. The van der Waals surface area contributed by atoms with Crippen LogP contribution in [0.25, 0.3) is 0 Å². The molecule has 0 saturated carbocycles. The lowest BCUT2D eigenvalue weighted by atomic mass is 10.1. The molecule has 0 aliphatic carbocycles. The summed E-state index contributed by atoms with van der Waals surface area (Å²) in [6.07, 6.45) is 5.49. The highest BCUT2D eigenvalue weighted by Crippen LogP contribution is 2.08. The van der Waals surface area contributed by atoms with E-state index in [4.69, 9.17) is 4.74 Å². The molecule has 0 spiro atoms. The molecule has 0 amide bonds. The monoisotopic (exact) mass is 220 g/mol. The molecule has 0 fully saturated rings. The zero-order valence-corrected chi connectivity index (χ0v) is 9.60. The van der Waals surface area contributed by atoms with Crippen LogP contribution < -0.4 is 0 Å². The number of carbonyl (C=O) groups excluding carboxylic acids is 1. The van der Waals surface area contributed by atoms with E-state index >= 15 is 0 Å². The fourth-order valence-corrected chi connectivity index (χ4v) is 1.34. The number of rotatable bonds is 5. The van der Waals surface area contributed by atoms with Crippen molar-refractivity contribution in [2.45, 2.75) is 12.8 Å². The molecule has 0 bridgehead atoms. The molecule has 1 rings (SSSR count). The van der Waals surface area contributed by atoms with Crippen molar-refractivity contribution < 1.29 is 14.3 Å². The predicted molar refractivity (Wildman–Crippen MR) is 62.3 cm³/mol. The summed E-state index contributed by atoms with van der Waals surface area (Å²) in [7, 11) is 3.01. The van der Waals surface area contributed by atoms with Crippen LogP contribution in [-0.4, -0.2) is 20.2 Å². The molecular weight excluding hydrogens is 204 g/mol. The fraction of sp³-hybridized carbons (Fsp3) is 0.308. The minimum atomic E-state index is -0.300. The lowest BCUT2D eigenvalue weighted by Gasteiger charge is -2.01. The molecule has 3 nitrogen and oxygen atoms in total. The molecule has 0 aromatic heterocycles. The third-order valence-corrected chi connectivity index (χ3v) is 2.21. The zero-order chi connectivity index (χ0) is 11.8. The lowest BCUT2D eigenvalue weighted by Crippen LogP contribution is -2.00. The van der Waals surface area contributed by atoms with Crippen LogP contribution in [0.4, 0.5) is 0 Å². The highest BCUT2D eigenvalue weighted by molar-refractivity contribution is 5.89. The summed E-state index contributed by atoms with van der Waals surface area (Å²) in [5.74, 6) is -0.300. The normalized spacial score (nSPS) is 10.4. The van der Waals surface area contributed by atoms with Crippen molar-refractivity contribution >= 4 is 5.97 Å². The summed E-state index contributed by atoms with van der Waals surface area (Å²) in [6, 6.07) is 7.43. The van der Waals surface area contributed by atoms with E-state index in [0.29, 0.717) is 5.56 Å². The first-order chi connectivity index (χ1) is 7.77. The van der Waals surface area contributed by atoms with Crippen molar-refractivity contribution in [2.75, 3.05) is 14.2 Å². The van der Waals surface area contributed by atoms with Crippen LogP contribution in [-0.2, 0) is 15.9 Å². The molecule has 0 radical (unpaired) electrons. The number of methoxy groups -OCH3 is 2. The molecule has 86 valence electrons. The minimum absolute atomic E-state index is 0.300. The first-order valence-corrected chi connectivity index (χ1v) is 5.13. The van der Waals surface area contributed by atoms with Gasteiger partial charge in [-0.2, -0.15) is 0 Å². The molecule has 0 N–H and O–H groups in total. The lowest BCUT2D eigenvalue weighted by molar-refractivity contribution is 0.0600. The Bertz CT molecular complexity index is 352. The van der Waals surface area contributed by atoms with Crippen LogP contribution in [0.1, 0.15) is 22.3 Å². The summed E-state index contributed by atoms with van der Waals surface area (Å²) in [4.78, 5) is 11.2. The van der Waals surface area contributed by atoms with Gasteiger partial charge in [0.05, 0.1) is 26.0 Å². The Labute approximate surface area is 95.7 Å². The first kappa shape index (κ1) is 12.3. The zero-order valence-electron chi connectivity index (χ0n) is 9.60. The quantitative estimate of drug-likeness (QED) is 0.565. The molecule has 0 aliphatic rings. The molecule has 0 unspecified atom stereocenters. The Morgan fingerprint density at radius 3 is 2.50 bits per heavy atom. The van der Waals surface area contributed by atoms with Crippen LogP contribution in [0.2, 0.25) is 0 Å². The van der Waals surface area contributed by atoms with Crippen molar-refractivity contribution in [3.05, 3.63) is 47.7 Å². The van der Waals surface area contributed by atoms with E-state index in [1.807, 2.05) is 18.2 Å². The van der Waals surface area contributed by atoms with Gasteiger partial charge in [-0.1, -0.05) is 12.1 Å². The smallest absolute Gasteiger partial charge is 0.337 e. The molecule has 3 heteroatoms. The topological polar surface area (TPSA) is 35.5 Å². The molecule has 1 aromatic carbocycles. The second-order valence-corrected chi connectivity index (χ2v) is 3.33. The molecule has 16 heavy (non-hydrogen) atoms. The van der Waals surface area contributed by atoms with Crippen LogP contribution >= 0.6 is 0 Å². The third-order valence-electron chi connectivity index (χ3n) is 2.21. The van der Waals surface area contributed by atoms with E-state index < -0.39 is 0 Å². The fourth-order valence-electron chi connectivity index (χ4n) is 1.34. The predicted octanol–water partition coefficient (Wildman–Crippen LogP) is 2.57. The minimum Gasteiger partial charge on any atom is -0.505 e. The van der Waals surface area contributed by atoms with Crippen molar-refractivity contribution in [1.82, 2.24) is 0 Å².